The number of carboxylic acid groups (broad SMARTS) is 1. The predicted molar refractivity (Wildman–Crippen MR) is 62.7 cm³/mol. The Bertz CT molecular complexity index is 654. The molecule has 1 N–H and O–H groups in total. The van der Waals surface area contributed by atoms with Crippen molar-refractivity contribution in [2.75, 3.05) is 0 Å². The topological polar surface area (TPSA) is 85.3 Å². The highest BCUT2D eigenvalue weighted by molar-refractivity contribution is 5.88. The summed E-state index contributed by atoms with van der Waals surface area (Å²) in [6.07, 6.45) is 0. The lowest BCUT2D eigenvalue weighted by Crippen LogP contribution is -2.22. The molecule has 0 aromatic carbocycles. The van der Waals surface area contributed by atoms with Gasteiger partial charge in [0, 0.05) is 6.07 Å². The summed E-state index contributed by atoms with van der Waals surface area (Å²) in [7, 11) is 0. The fraction of sp³-hybridized carbons (Fsp3) is 0.250. The van der Waals surface area contributed by atoms with Gasteiger partial charge in [0.05, 0.1) is 5.69 Å². The second-order valence-corrected chi connectivity index (χ2v) is 3.96. The maximum Gasteiger partial charge on any atom is 0.339 e. The highest BCUT2D eigenvalue weighted by Gasteiger charge is 2.14. The van der Waals surface area contributed by atoms with Gasteiger partial charge in [-0.05, 0) is 26.0 Å². The van der Waals surface area contributed by atoms with Crippen molar-refractivity contribution in [2.24, 2.45) is 0 Å². The molecule has 2 aromatic rings. The Morgan fingerprint density at radius 1 is 1.44 bits per heavy atom. The van der Waals surface area contributed by atoms with E-state index in [1.54, 1.807) is 19.9 Å². The van der Waals surface area contributed by atoms with Crippen LogP contribution in [0.2, 0.25) is 0 Å². The van der Waals surface area contributed by atoms with Crippen LogP contribution in [0.3, 0.4) is 0 Å². The van der Waals surface area contributed by atoms with Gasteiger partial charge in [0.1, 0.15) is 23.6 Å². The highest BCUT2D eigenvalue weighted by atomic mass is 16.4. The van der Waals surface area contributed by atoms with Gasteiger partial charge >= 0.3 is 5.97 Å². The van der Waals surface area contributed by atoms with Crippen molar-refractivity contribution in [1.82, 2.24) is 9.78 Å². The molecule has 6 heteroatoms. The van der Waals surface area contributed by atoms with E-state index in [-0.39, 0.29) is 17.7 Å². The summed E-state index contributed by atoms with van der Waals surface area (Å²) >= 11 is 0. The van der Waals surface area contributed by atoms with Gasteiger partial charge in [-0.3, -0.25) is 4.79 Å². The minimum Gasteiger partial charge on any atom is -0.478 e. The molecule has 2 aromatic heterocycles. The largest absolute Gasteiger partial charge is 0.478 e. The Morgan fingerprint density at radius 2 is 2.17 bits per heavy atom. The summed E-state index contributed by atoms with van der Waals surface area (Å²) in [6, 6.07) is 4.44. The molecule has 0 fully saturated rings. The van der Waals surface area contributed by atoms with Gasteiger partial charge in [0.2, 0.25) is 0 Å². The van der Waals surface area contributed by atoms with Crippen molar-refractivity contribution in [1.29, 1.82) is 0 Å². The van der Waals surface area contributed by atoms with Crippen molar-refractivity contribution >= 4 is 5.97 Å². The minimum absolute atomic E-state index is 0.103. The van der Waals surface area contributed by atoms with Gasteiger partial charge in [-0.1, -0.05) is 0 Å². The molecule has 2 heterocycles. The summed E-state index contributed by atoms with van der Waals surface area (Å²) in [6.45, 7) is 3.46. The number of aryl methyl sites for hydroxylation is 2. The zero-order valence-corrected chi connectivity index (χ0v) is 10.0. The van der Waals surface area contributed by atoms with Gasteiger partial charge < -0.3 is 9.52 Å². The SMILES string of the molecule is Cc1ccc(=O)n(Cc2cc(C(=O)O)c(C)o2)n1. The summed E-state index contributed by atoms with van der Waals surface area (Å²) in [5, 5.41) is 12.9. The van der Waals surface area contributed by atoms with E-state index in [0.29, 0.717) is 17.2 Å². The van der Waals surface area contributed by atoms with E-state index in [4.69, 9.17) is 9.52 Å². The first-order valence-electron chi connectivity index (χ1n) is 5.35. The van der Waals surface area contributed by atoms with E-state index < -0.39 is 5.97 Å². The zero-order chi connectivity index (χ0) is 13.3. The maximum atomic E-state index is 11.5. The number of carboxylic acids is 1. The third kappa shape index (κ3) is 2.32. The van der Waals surface area contributed by atoms with Crippen LogP contribution < -0.4 is 5.56 Å². The standard InChI is InChI=1S/C12H12N2O4/c1-7-3-4-11(15)14(13-7)6-9-5-10(12(16)17)8(2)18-9/h3-5H,6H2,1-2H3,(H,16,17). The molecule has 0 saturated heterocycles. The smallest absolute Gasteiger partial charge is 0.339 e. The van der Waals surface area contributed by atoms with E-state index in [1.165, 1.54) is 16.8 Å². The van der Waals surface area contributed by atoms with Crippen molar-refractivity contribution in [3.63, 3.8) is 0 Å². The Kier molecular flexibility index (Phi) is 3.01. The molecule has 0 unspecified atom stereocenters. The molecule has 18 heavy (non-hydrogen) atoms. The first kappa shape index (κ1) is 12.1. The quantitative estimate of drug-likeness (QED) is 0.882. The second-order valence-electron chi connectivity index (χ2n) is 3.96. The van der Waals surface area contributed by atoms with E-state index >= 15 is 0 Å². The number of furan rings is 1. The van der Waals surface area contributed by atoms with Crippen LogP contribution in [0.15, 0.2) is 27.4 Å². The third-order valence-corrected chi connectivity index (χ3v) is 2.50. The second kappa shape index (κ2) is 4.48. The Balaban J connectivity index is 2.34. The van der Waals surface area contributed by atoms with Crippen LogP contribution >= 0.6 is 0 Å². The van der Waals surface area contributed by atoms with Crippen LogP contribution in [0.1, 0.15) is 27.6 Å². The van der Waals surface area contributed by atoms with Gasteiger partial charge in [0.25, 0.3) is 5.56 Å². The summed E-state index contributed by atoms with van der Waals surface area (Å²) in [4.78, 5) is 22.4. The number of carbonyl (C=O) groups is 1. The van der Waals surface area contributed by atoms with Crippen LogP contribution in [-0.2, 0) is 6.54 Å². The molecule has 0 bridgehead atoms. The molecular formula is C12H12N2O4. The first-order valence-corrected chi connectivity index (χ1v) is 5.35. The maximum absolute atomic E-state index is 11.5. The lowest BCUT2D eigenvalue weighted by atomic mass is 10.2. The van der Waals surface area contributed by atoms with Gasteiger partial charge in [0.15, 0.2) is 0 Å². The number of hydrogen-bond acceptors (Lipinski definition) is 4. The lowest BCUT2D eigenvalue weighted by Gasteiger charge is -2.02. The summed E-state index contributed by atoms with van der Waals surface area (Å²) < 4.78 is 6.53. The molecule has 0 spiro atoms. The normalized spacial score (nSPS) is 10.6. The van der Waals surface area contributed by atoms with E-state index in [9.17, 15) is 9.59 Å². The van der Waals surface area contributed by atoms with Gasteiger partial charge in [-0.15, -0.1) is 0 Å². The van der Waals surface area contributed by atoms with Crippen molar-refractivity contribution in [3.05, 3.63) is 51.3 Å². The molecule has 0 aliphatic heterocycles. The number of aromatic nitrogens is 2. The molecule has 0 atom stereocenters. The van der Waals surface area contributed by atoms with E-state index in [0.717, 1.165) is 0 Å². The minimum atomic E-state index is -1.05. The molecular weight excluding hydrogens is 236 g/mol. The van der Waals surface area contributed by atoms with Crippen LogP contribution in [0.25, 0.3) is 0 Å². The molecule has 2 rings (SSSR count). The average molecular weight is 248 g/mol. The first-order chi connectivity index (χ1) is 8.47. The van der Waals surface area contributed by atoms with Crippen LogP contribution in [0, 0.1) is 13.8 Å². The van der Waals surface area contributed by atoms with Gasteiger partial charge in [-0.25, -0.2) is 9.48 Å². The summed E-state index contributed by atoms with van der Waals surface area (Å²) in [5.74, 6) is -0.338. The zero-order valence-electron chi connectivity index (χ0n) is 10.0. The van der Waals surface area contributed by atoms with Crippen LogP contribution in [0.4, 0.5) is 0 Å². The molecule has 0 radical (unpaired) electrons. The fourth-order valence-electron chi connectivity index (χ4n) is 1.65. The Morgan fingerprint density at radius 3 is 2.78 bits per heavy atom. The van der Waals surface area contributed by atoms with Crippen LogP contribution in [0.5, 0.6) is 0 Å². The molecule has 94 valence electrons. The van der Waals surface area contributed by atoms with Crippen molar-refractivity contribution in [2.45, 2.75) is 20.4 Å². The van der Waals surface area contributed by atoms with Crippen LogP contribution in [-0.4, -0.2) is 20.9 Å². The predicted octanol–water partition coefficient (Wildman–Crippen LogP) is 1.20. The van der Waals surface area contributed by atoms with E-state index in [1.807, 2.05) is 0 Å². The lowest BCUT2D eigenvalue weighted by molar-refractivity contribution is 0.0695. The molecule has 0 aliphatic carbocycles. The Hall–Kier alpha value is -2.37. The van der Waals surface area contributed by atoms with Gasteiger partial charge in [-0.2, -0.15) is 5.10 Å². The van der Waals surface area contributed by atoms with Crippen molar-refractivity contribution in [3.8, 4) is 0 Å². The monoisotopic (exact) mass is 248 g/mol. The number of hydrogen-bond donors (Lipinski definition) is 1. The molecule has 6 nitrogen and oxygen atoms in total. The molecule has 0 saturated carbocycles. The van der Waals surface area contributed by atoms with Crippen molar-refractivity contribution < 1.29 is 14.3 Å². The number of rotatable bonds is 3. The molecule has 0 aliphatic rings. The van der Waals surface area contributed by atoms with E-state index in [2.05, 4.69) is 5.10 Å². The summed E-state index contributed by atoms with van der Waals surface area (Å²) in [5.41, 5.74) is 0.550. The number of nitrogens with zero attached hydrogens (tertiary/aromatic N) is 2. The average Bonchev–Trinajstić information content (AvgIpc) is 2.65. The number of aromatic carboxylic acids is 1. The Labute approximate surface area is 102 Å². The third-order valence-electron chi connectivity index (χ3n) is 2.50. The molecule has 0 amide bonds. The fourth-order valence-corrected chi connectivity index (χ4v) is 1.65. The highest BCUT2D eigenvalue weighted by Crippen LogP contribution is 2.14.